The van der Waals surface area contributed by atoms with Crippen molar-refractivity contribution in [2.75, 3.05) is 13.1 Å². The van der Waals surface area contributed by atoms with Gasteiger partial charge in [0, 0.05) is 31.6 Å². The first-order valence-electron chi connectivity index (χ1n) is 9.12. The lowest BCUT2D eigenvalue weighted by Gasteiger charge is -2.42. The molecule has 132 valence electrons. The Morgan fingerprint density at radius 1 is 1.25 bits per heavy atom. The summed E-state index contributed by atoms with van der Waals surface area (Å²) in [4.78, 5) is 13.8. The molecule has 24 heavy (non-hydrogen) atoms. The van der Waals surface area contributed by atoms with E-state index in [4.69, 9.17) is 4.74 Å². The molecule has 1 heterocycles. The summed E-state index contributed by atoms with van der Waals surface area (Å²) in [6, 6.07) is 9.41. The van der Waals surface area contributed by atoms with Crippen LogP contribution >= 0.6 is 0 Å². The number of hydrogen-bond donors (Lipinski definition) is 1. The average molecular weight is 330 g/mol. The molecule has 3 rings (SSSR count). The average Bonchev–Trinajstić information content (AvgIpc) is 3.26. The standard InChI is InChI=1S/C20H30N2O2/c1-14(18-12-22(13-18)19(23)24-20(2,3)4)21-11-15-5-7-16(8-6-15)17-9-10-17/h5-8,14,17-18,21H,9-13H2,1-4H3/t14-/m0/s1. The number of carbonyl (C=O) groups is 1. The number of likely N-dealkylation sites (tertiary alicyclic amines) is 1. The normalized spacial score (nSPS) is 19.8. The zero-order chi connectivity index (χ0) is 17.3. The van der Waals surface area contributed by atoms with E-state index in [0.717, 1.165) is 25.6 Å². The zero-order valence-corrected chi connectivity index (χ0v) is 15.3. The molecule has 1 saturated heterocycles. The van der Waals surface area contributed by atoms with E-state index < -0.39 is 5.60 Å². The third-order valence-electron chi connectivity index (χ3n) is 4.93. The molecule has 1 aliphatic heterocycles. The molecule has 1 aliphatic carbocycles. The van der Waals surface area contributed by atoms with Crippen LogP contribution in [0.15, 0.2) is 24.3 Å². The molecule has 4 heteroatoms. The number of carbonyl (C=O) groups excluding carboxylic acids is 1. The van der Waals surface area contributed by atoms with Gasteiger partial charge in [-0.1, -0.05) is 24.3 Å². The van der Waals surface area contributed by atoms with Crippen molar-refractivity contribution >= 4 is 6.09 Å². The minimum absolute atomic E-state index is 0.193. The topological polar surface area (TPSA) is 41.6 Å². The minimum atomic E-state index is -0.418. The van der Waals surface area contributed by atoms with E-state index in [1.165, 1.54) is 24.0 Å². The maximum absolute atomic E-state index is 12.0. The van der Waals surface area contributed by atoms with Gasteiger partial charge in [0.05, 0.1) is 0 Å². The van der Waals surface area contributed by atoms with Crippen LogP contribution in [0.3, 0.4) is 0 Å². The number of nitrogens with one attached hydrogen (secondary N) is 1. The van der Waals surface area contributed by atoms with Crippen molar-refractivity contribution in [3.05, 3.63) is 35.4 Å². The summed E-state index contributed by atoms with van der Waals surface area (Å²) in [6.45, 7) is 10.4. The van der Waals surface area contributed by atoms with E-state index in [0.29, 0.717) is 12.0 Å². The maximum atomic E-state index is 12.0. The fourth-order valence-electron chi connectivity index (χ4n) is 3.07. The van der Waals surface area contributed by atoms with E-state index in [1.807, 2.05) is 20.8 Å². The predicted molar refractivity (Wildman–Crippen MR) is 96.0 cm³/mol. The van der Waals surface area contributed by atoms with E-state index in [-0.39, 0.29) is 6.09 Å². The van der Waals surface area contributed by atoms with Crippen LogP contribution in [0.5, 0.6) is 0 Å². The first-order valence-corrected chi connectivity index (χ1v) is 9.12. The van der Waals surface area contributed by atoms with Gasteiger partial charge in [0.1, 0.15) is 5.60 Å². The lowest BCUT2D eigenvalue weighted by Crippen LogP contribution is -2.57. The van der Waals surface area contributed by atoms with Crippen LogP contribution in [0.1, 0.15) is 57.6 Å². The molecule has 1 aromatic carbocycles. The van der Waals surface area contributed by atoms with Crippen LogP contribution in [0.2, 0.25) is 0 Å². The van der Waals surface area contributed by atoms with Crippen molar-refractivity contribution < 1.29 is 9.53 Å². The van der Waals surface area contributed by atoms with Crippen LogP contribution in [-0.4, -0.2) is 35.7 Å². The van der Waals surface area contributed by atoms with Gasteiger partial charge in [-0.2, -0.15) is 0 Å². The van der Waals surface area contributed by atoms with E-state index in [1.54, 1.807) is 4.90 Å². The summed E-state index contributed by atoms with van der Waals surface area (Å²) in [5, 5.41) is 3.59. The second-order valence-corrected chi connectivity index (χ2v) is 8.33. The van der Waals surface area contributed by atoms with Gasteiger partial charge in [0.15, 0.2) is 0 Å². The zero-order valence-electron chi connectivity index (χ0n) is 15.3. The monoisotopic (exact) mass is 330 g/mol. The van der Waals surface area contributed by atoms with Crippen molar-refractivity contribution in [1.82, 2.24) is 10.2 Å². The largest absolute Gasteiger partial charge is 0.444 e. The Balaban J connectivity index is 1.38. The lowest BCUT2D eigenvalue weighted by atomic mass is 9.93. The summed E-state index contributed by atoms with van der Waals surface area (Å²) >= 11 is 0. The number of hydrogen-bond acceptors (Lipinski definition) is 3. The molecule has 0 spiro atoms. The Morgan fingerprint density at radius 3 is 2.42 bits per heavy atom. The third kappa shape index (κ3) is 4.50. The van der Waals surface area contributed by atoms with Gasteiger partial charge in [-0.3, -0.25) is 0 Å². The van der Waals surface area contributed by atoms with Gasteiger partial charge in [-0.15, -0.1) is 0 Å². The Labute approximate surface area is 145 Å². The van der Waals surface area contributed by atoms with Crippen molar-refractivity contribution in [1.29, 1.82) is 0 Å². The summed E-state index contributed by atoms with van der Waals surface area (Å²) in [7, 11) is 0. The maximum Gasteiger partial charge on any atom is 0.410 e. The molecule has 0 radical (unpaired) electrons. The molecule has 0 aromatic heterocycles. The molecule has 0 unspecified atom stereocenters. The molecule has 1 atom stereocenters. The van der Waals surface area contributed by atoms with Crippen molar-refractivity contribution in [2.45, 2.75) is 64.6 Å². The highest BCUT2D eigenvalue weighted by Crippen LogP contribution is 2.39. The number of ether oxygens (including phenoxy) is 1. The van der Waals surface area contributed by atoms with Crippen LogP contribution in [0, 0.1) is 5.92 Å². The van der Waals surface area contributed by atoms with Gasteiger partial charge in [0.2, 0.25) is 0 Å². The molecule has 4 nitrogen and oxygen atoms in total. The Morgan fingerprint density at radius 2 is 1.88 bits per heavy atom. The molecule has 2 fully saturated rings. The van der Waals surface area contributed by atoms with Crippen molar-refractivity contribution in [3.63, 3.8) is 0 Å². The number of nitrogens with zero attached hydrogens (tertiary/aromatic N) is 1. The van der Waals surface area contributed by atoms with Crippen molar-refractivity contribution in [2.24, 2.45) is 5.92 Å². The highest BCUT2D eigenvalue weighted by molar-refractivity contribution is 5.69. The lowest BCUT2D eigenvalue weighted by molar-refractivity contribution is -0.00579. The highest BCUT2D eigenvalue weighted by Gasteiger charge is 2.36. The molecule has 1 saturated carbocycles. The molecule has 1 aromatic rings. The van der Waals surface area contributed by atoms with Crippen LogP contribution in [0.25, 0.3) is 0 Å². The molecule has 1 amide bonds. The fraction of sp³-hybridized carbons (Fsp3) is 0.650. The molecular weight excluding hydrogens is 300 g/mol. The van der Waals surface area contributed by atoms with Crippen LogP contribution < -0.4 is 5.32 Å². The predicted octanol–water partition coefficient (Wildman–Crippen LogP) is 3.91. The molecule has 1 N–H and O–H groups in total. The highest BCUT2D eigenvalue weighted by atomic mass is 16.6. The van der Waals surface area contributed by atoms with Gasteiger partial charge in [-0.25, -0.2) is 4.79 Å². The van der Waals surface area contributed by atoms with Gasteiger partial charge >= 0.3 is 6.09 Å². The quantitative estimate of drug-likeness (QED) is 0.890. The summed E-state index contributed by atoms with van der Waals surface area (Å²) in [5.74, 6) is 1.32. The first-order chi connectivity index (χ1) is 11.3. The number of rotatable bonds is 5. The SMILES string of the molecule is C[C@H](NCc1ccc(C2CC2)cc1)C1CN(C(=O)OC(C)(C)C)C1. The summed E-state index contributed by atoms with van der Waals surface area (Å²) < 4.78 is 5.40. The van der Waals surface area contributed by atoms with Crippen LogP contribution in [-0.2, 0) is 11.3 Å². The van der Waals surface area contributed by atoms with E-state index >= 15 is 0 Å². The molecule has 0 bridgehead atoms. The Hall–Kier alpha value is -1.55. The number of benzene rings is 1. The first kappa shape index (κ1) is 17.3. The second kappa shape index (κ2) is 6.75. The minimum Gasteiger partial charge on any atom is -0.444 e. The molecular formula is C20H30N2O2. The smallest absolute Gasteiger partial charge is 0.410 e. The third-order valence-corrected chi connectivity index (χ3v) is 4.93. The second-order valence-electron chi connectivity index (χ2n) is 8.33. The summed E-state index contributed by atoms with van der Waals surface area (Å²) in [6.07, 6.45) is 2.51. The fourth-order valence-corrected chi connectivity index (χ4v) is 3.07. The Bertz CT molecular complexity index is 566. The molecule has 2 aliphatic rings. The summed E-state index contributed by atoms with van der Waals surface area (Å²) in [5.41, 5.74) is 2.40. The van der Waals surface area contributed by atoms with E-state index in [9.17, 15) is 4.79 Å². The van der Waals surface area contributed by atoms with Gasteiger partial charge in [-0.05, 0) is 57.6 Å². The van der Waals surface area contributed by atoms with Gasteiger partial charge in [0.25, 0.3) is 0 Å². The number of amides is 1. The Kier molecular flexibility index (Phi) is 4.86. The van der Waals surface area contributed by atoms with Crippen molar-refractivity contribution in [3.8, 4) is 0 Å². The van der Waals surface area contributed by atoms with E-state index in [2.05, 4.69) is 36.5 Å². The van der Waals surface area contributed by atoms with Gasteiger partial charge < -0.3 is 15.0 Å². The van der Waals surface area contributed by atoms with Crippen LogP contribution in [0.4, 0.5) is 4.79 Å².